The van der Waals surface area contributed by atoms with Crippen LogP contribution in [0.5, 0.6) is 0 Å². The number of nitrogens with zero attached hydrogens (tertiary/aromatic N) is 1. The van der Waals surface area contributed by atoms with Gasteiger partial charge in [0.2, 0.25) is 0 Å². The number of aromatic carboxylic acids is 1. The Labute approximate surface area is 103 Å². The molecule has 0 saturated carbocycles. The Morgan fingerprint density at radius 1 is 1.71 bits per heavy atom. The molecule has 0 spiro atoms. The molecule has 0 radical (unpaired) electrons. The monoisotopic (exact) mass is 252 g/mol. The van der Waals surface area contributed by atoms with Crippen LogP contribution in [0.15, 0.2) is 5.38 Å². The largest absolute Gasteiger partial charge is 0.476 e. The minimum absolute atomic E-state index is 0.110. The molecule has 17 heavy (non-hydrogen) atoms. The Hall–Kier alpha value is -1.87. The lowest BCUT2D eigenvalue weighted by Crippen LogP contribution is -2.33. The number of terminal acetylenes is 1. The minimum atomic E-state index is -1.15. The number of aromatic nitrogens is 1. The van der Waals surface area contributed by atoms with E-state index in [1.807, 2.05) is 6.92 Å². The highest BCUT2D eigenvalue weighted by Crippen LogP contribution is 2.10. The van der Waals surface area contributed by atoms with Gasteiger partial charge >= 0.3 is 5.97 Å². The topological polar surface area (TPSA) is 79.3 Å². The maximum absolute atomic E-state index is 11.7. The summed E-state index contributed by atoms with van der Waals surface area (Å²) in [7, 11) is 0. The summed E-state index contributed by atoms with van der Waals surface area (Å²) in [6, 6.07) is -0.343. The number of thiazole rings is 1. The fourth-order valence-corrected chi connectivity index (χ4v) is 1.88. The number of nitrogens with one attached hydrogen (secondary N) is 1. The van der Waals surface area contributed by atoms with Crippen LogP contribution in [0, 0.1) is 12.3 Å². The number of hydrogen-bond acceptors (Lipinski definition) is 4. The van der Waals surface area contributed by atoms with Crippen molar-refractivity contribution in [3.63, 3.8) is 0 Å². The van der Waals surface area contributed by atoms with Crippen molar-refractivity contribution in [1.29, 1.82) is 0 Å². The third-order valence-corrected chi connectivity index (χ3v) is 2.84. The van der Waals surface area contributed by atoms with Crippen molar-refractivity contribution in [3.05, 3.63) is 16.1 Å². The van der Waals surface area contributed by atoms with Crippen molar-refractivity contribution >= 4 is 23.2 Å². The SMILES string of the molecule is C#CC(CCC)NC(=O)c1nc(C(=O)O)cs1. The maximum Gasteiger partial charge on any atom is 0.355 e. The van der Waals surface area contributed by atoms with Crippen LogP contribution >= 0.6 is 11.3 Å². The summed E-state index contributed by atoms with van der Waals surface area (Å²) < 4.78 is 0. The van der Waals surface area contributed by atoms with E-state index in [9.17, 15) is 9.59 Å². The van der Waals surface area contributed by atoms with Crippen LogP contribution in [0.25, 0.3) is 0 Å². The normalized spacial score (nSPS) is 11.5. The van der Waals surface area contributed by atoms with Gasteiger partial charge in [0.15, 0.2) is 10.7 Å². The van der Waals surface area contributed by atoms with Gasteiger partial charge in [0.1, 0.15) is 0 Å². The Balaban J connectivity index is 2.69. The van der Waals surface area contributed by atoms with Crippen LogP contribution < -0.4 is 5.32 Å². The first kappa shape index (κ1) is 13.2. The number of carboxylic acids is 1. The number of carboxylic acid groups (broad SMARTS) is 1. The maximum atomic E-state index is 11.7. The molecule has 0 fully saturated rings. The standard InChI is InChI=1S/C11H12N2O3S/c1-3-5-7(4-2)12-9(14)10-13-8(6-17-10)11(15)16/h2,6-7H,3,5H2,1H3,(H,12,14)(H,15,16). The Bertz CT molecular complexity index is 462. The Morgan fingerprint density at radius 2 is 2.41 bits per heavy atom. The van der Waals surface area contributed by atoms with E-state index in [0.29, 0.717) is 6.42 Å². The van der Waals surface area contributed by atoms with Gasteiger partial charge in [0.25, 0.3) is 5.91 Å². The highest BCUT2D eigenvalue weighted by atomic mass is 32.1. The number of carbonyl (C=O) groups excluding carboxylic acids is 1. The van der Waals surface area contributed by atoms with Crippen molar-refractivity contribution in [3.8, 4) is 12.3 Å². The van der Waals surface area contributed by atoms with E-state index in [4.69, 9.17) is 11.5 Å². The Kier molecular flexibility index (Phi) is 4.67. The predicted molar refractivity (Wildman–Crippen MR) is 64.1 cm³/mol. The average Bonchev–Trinajstić information content (AvgIpc) is 2.77. The summed E-state index contributed by atoms with van der Waals surface area (Å²) in [5.74, 6) is 0.880. The van der Waals surface area contributed by atoms with Crippen LogP contribution in [0.4, 0.5) is 0 Å². The molecule has 0 aliphatic rings. The summed E-state index contributed by atoms with van der Waals surface area (Å²) in [6.07, 6.45) is 6.80. The molecule has 0 aliphatic carbocycles. The third kappa shape index (κ3) is 3.57. The summed E-state index contributed by atoms with van der Waals surface area (Å²) in [6.45, 7) is 1.96. The first-order valence-corrected chi connectivity index (χ1v) is 5.92. The van der Waals surface area contributed by atoms with E-state index >= 15 is 0 Å². The molecule has 0 bridgehead atoms. The predicted octanol–water partition coefficient (Wildman–Crippen LogP) is 1.37. The zero-order valence-corrected chi connectivity index (χ0v) is 10.1. The number of amides is 1. The zero-order chi connectivity index (χ0) is 12.8. The van der Waals surface area contributed by atoms with Crippen LogP contribution in [0.1, 0.15) is 40.1 Å². The van der Waals surface area contributed by atoms with E-state index < -0.39 is 11.9 Å². The van der Waals surface area contributed by atoms with E-state index in [1.54, 1.807) is 0 Å². The van der Waals surface area contributed by atoms with Gasteiger partial charge in [-0.3, -0.25) is 4.79 Å². The summed E-state index contributed by atoms with van der Waals surface area (Å²) in [4.78, 5) is 26.0. The smallest absolute Gasteiger partial charge is 0.355 e. The fourth-order valence-electron chi connectivity index (χ4n) is 1.18. The fraction of sp³-hybridized carbons (Fsp3) is 0.364. The van der Waals surface area contributed by atoms with Crippen LogP contribution in [-0.4, -0.2) is 28.0 Å². The Morgan fingerprint density at radius 3 is 2.88 bits per heavy atom. The molecule has 1 unspecified atom stereocenters. The lowest BCUT2D eigenvalue weighted by atomic mass is 10.2. The third-order valence-electron chi connectivity index (χ3n) is 2.00. The van der Waals surface area contributed by atoms with Gasteiger partial charge in [-0.1, -0.05) is 19.3 Å². The first-order valence-electron chi connectivity index (χ1n) is 5.04. The van der Waals surface area contributed by atoms with Crippen LogP contribution in [0.3, 0.4) is 0 Å². The van der Waals surface area contributed by atoms with E-state index in [2.05, 4.69) is 16.2 Å². The summed E-state index contributed by atoms with van der Waals surface area (Å²) in [5, 5.41) is 12.7. The quantitative estimate of drug-likeness (QED) is 0.776. The number of rotatable bonds is 5. The molecule has 5 nitrogen and oxygen atoms in total. The lowest BCUT2D eigenvalue weighted by molar-refractivity contribution is 0.0691. The lowest BCUT2D eigenvalue weighted by Gasteiger charge is -2.09. The molecule has 90 valence electrons. The van der Waals surface area contributed by atoms with E-state index in [1.165, 1.54) is 5.38 Å². The highest BCUT2D eigenvalue weighted by Gasteiger charge is 2.16. The number of hydrogen-bond donors (Lipinski definition) is 2. The van der Waals surface area contributed by atoms with Gasteiger partial charge in [-0.2, -0.15) is 0 Å². The van der Waals surface area contributed by atoms with Gasteiger partial charge in [0.05, 0.1) is 6.04 Å². The molecule has 2 N–H and O–H groups in total. The molecular weight excluding hydrogens is 240 g/mol. The molecule has 6 heteroatoms. The second kappa shape index (κ2) is 6.01. The van der Waals surface area contributed by atoms with Crippen LogP contribution in [0.2, 0.25) is 0 Å². The van der Waals surface area contributed by atoms with E-state index in [-0.39, 0.29) is 16.7 Å². The van der Waals surface area contributed by atoms with Crippen molar-refractivity contribution in [2.75, 3.05) is 0 Å². The molecule has 0 aromatic carbocycles. The highest BCUT2D eigenvalue weighted by molar-refractivity contribution is 7.11. The van der Waals surface area contributed by atoms with Gasteiger partial charge in [-0.05, 0) is 6.42 Å². The molecule has 1 rings (SSSR count). The molecular formula is C11H12N2O3S. The van der Waals surface area contributed by atoms with Gasteiger partial charge < -0.3 is 10.4 Å². The molecule has 1 atom stereocenters. The van der Waals surface area contributed by atoms with Crippen molar-refractivity contribution in [2.24, 2.45) is 0 Å². The van der Waals surface area contributed by atoms with Crippen molar-refractivity contribution < 1.29 is 14.7 Å². The second-order valence-corrected chi connectivity index (χ2v) is 4.18. The second-order valence-electron chi connectivity index (χ2n) is 3.32. The molecule has 1 aromatic heterocycles. The number of carbonyl (C=O) groups is 2. The summed E-state index contributed by atoms with van der Waals surface area (Å²) in [5.41, 5.74) is -0.132. The van der Waals surface area contributed by atoms with E-state index in [0.717, 1.165) is 17.8 Å². The van der Waals surface area contributed by atoms with Crippen molar-refractivity contribution in [2.45, 2.75) is 25.8 Å². The average molecular weight is 252 g/mol. The van der Waals surface area contributed by atoms with Crippen LogP contribution in [-0.2, 0) is 0 Å². The van der Waals surface area contributed by atoms with Gasteiger partial charge in [0, 0.05) is 5.38 Å². The zero-order valence-electron chi connectivity index (χ0n) is 9.27. The van der Waals surface area contributed by atoms with Gasteiger partial charge in [-0.15, -0.1) is 17.8 Å². The first-order chi connectivity index (χ1) is 8.08. The molecule has 1 heterocycles. The molecule has 1 amide bonds. The van der Waals surface area contributed by atoms with Crippen molar-refractivity contribution in [1.82, 2.24) is 10.3 Å². The molecule has 1 aromatic rings. The molecule has 0 saturated heterocycles. The summed E-state index contributed by atoms with van der Waals surface area (Å²) >= 11 is 0.984. The minimum Gasteiger partial charge on any atom is -0.476 e. The van der Waals surface area contributed by atoms with Gasteiger partial charge in [-0.25, -0.2) is 9.78 Å². The molecule has 0 aliphatic heterocycles.